The third-order valence-corrected chi connectivity index (χ3v) is 4.04. The second-order valence-electron chi connectivity index (χ2n) is 5.28. The lowest BCUT2D eigenvalue weighted by molar-refractivity contribution is -0.0534. The van der Waals surface area contributed by atoms with Gasteiger partial charge in [-0.15, -0.1) is 0 Å². The second kappa shape index (κ2) is 5.89. The van der Waals surface area contributed by atoms with E-state index in [2.05, 4.69) is 16.8 Å². The molecule has 5 nitrogen and oxygen atoms in total. The Kier molecular flexibility index (Phi) is 4.45. The molecular formula is C13H25N3O2. The molecule has 5 heteroatoms. The summed E-state index contributed by atoms with van der Waals surface area (Å²) >= 11 is 0. The number of nitrogens with zero attached hydrogens (tertiary/aromatic N) is 2. The number of ether oxygens (including phenoxy) is 2. The van der Waals surface area contributed by atoms with Gasteiger partial charge in [-0.2, -0.15) is 0 Å². The SMILES string of the molecule is CCCC1CC2(CCO1)CN=C(N)N2CCOC. The van der Waals surface area contributed by atoms with Crippen LogP contribution >= 0.6 is 0 Å². The molecule has 0 radical (unpaired) electrons. The van der Waals surface area contributed by atoms with Crippen molar-refractivity contribution in [3.63, 3.8) is 0 Å². The van der Waals surface area contributed by atoms with Crippen LogP contribution in [0, 0.1) is 0 Å². The summed E-state index contributed by atoms with van der Waals surface area (Å²) in [5, 5.41) is 0. The number of hydrogen-bond acceptors (Lipinski definition) is 5. The smallest absolute Gasteiger partial charge is 0.191 e. The van der Waals surface area contributed by atoms with Gasteiger partial charge in [0.15, 0.2) is 5.96 Å². The Morgan fingerprint density at radius 2 is 2.44 bits per heavy atom. The Morgan fingerprint density at radius 1 is 1.61 bits per heavy atom. The van der Waals surface area contributed by atoms with Crippen LogP contribution in [0.25, 0.3) is 0 Å². The summed E-state index contributed by atoms with van der Waals surface area (Å²) in [5.74, 6) is 0.671. The maximum atomic E-state index is 6.02. The van der Waals surface area contributed by atoms with E-state index in [9.17, 15) is 0 Å². The van der Waals surface area contributed by atoms with Crippen LogP contribution in [-0.2, 0) is 9.47 Å². The first-order chi connectivity index (χ1) is 8.72. The summed E-state index contributed by atoms with van der Waals surface area (Å²) in [7, 11) is 1.72. The van der Waals surface area contributed by atoms with Gasteiger partial charge in [0.1, 0.15) is 0 Å². The normalized spacial score (nSPS) is 32.0. The van der Waals surface area contributed by atoms with E-state index in [4.69, 9.17) is 15.2 Å². The van der Waals surface area contributed by atoms with E-state index in [0.29, 0.717) is 18.7 Å². The third-order valence-electron chi connectivity index (χ3n) is 4.04. The largest absolute Gasteiger partial charge is 0.383 e. The molecule has 2 unspecified atom stereocenters. The fraction of sp³-hybridized carbons (Fsp3) is 0.923. The van der Waals surface area contributed by atoms with Gasteiger partial charge in [0, 0.05) is 20.3 Å². The predicted molar refractivity (Wildman–Crippen MR) is 71.7 cm³/mol. The molecule has 2 aliphatic rings. The molecular weight excluding hydrogens is 230 g/mol. The maximum Gasteiger partial charge on any atom is 0.191 e. The molecule has 2 atom stereocenters. The number of aliphatic imine (C=N–C) groups is 1. The molecule has 0 amide bonds. The minimum Gasteiger partial charge on any atom is -0.383 e. The van der Waals surface area contributed by atoms with E-state index < -0.39 is 0 Å². The van der Waals surface area contributed by atoms with Crippen molar-refractivity contribution in [1.82, 2.24) is 4.90 Å². The lowest BCUT2D eigenvalue weighted by Crippen LogP contribution is -2.57. The quantitative estimate of drug-likeness (QED) is 0.795. The zero-order valence-corrected chi connectivity index (χ0v) is 11.5. The van der Waals surface area contributed by atoms with Gasteiger partial charge >= 0.3 is 0 Å². The number of methoxy groups -OCH3 is 1. The topological polar surface area (TPSA) is 60.1 Å². The summed E-state index contributed by atoms with van der Waals surface area (Å²) in [6.07, 6.45) is 4.69. The van der Waals surface area contributed by atoms with Crippen molar-refractivity contribution in [2.45, 2.75) is 44.2 Å². The fourth-order valence-corrected chi connectivity index (χ4v) is 3.07. The van der Waals surface area contributed by atoms with Gasteiger partial charge in [0.05, 0.1) is 24.8 Å². The molecule has 0 aliphatic carbocycles. The Labute approximate surface area is 109 Å². The van der Waals surface area contributed by atoms with Crippen molar-refractivity contribution in [3.05, 3.63) is 0 Å². The first kappa shape index (κ1) is 13.6. The maximum absolute atomic E-state index is 6.02. The summed E-state index contributed by atoms with van der Waals surface area (Å²) in [6, 6.07) is 0. The fourth-order valence-electron chi connectivity index (χ4n) is 3.07. The Bertz CT molecular complexity index is 307. The minimum atomic E-state index is 0.0840. The van der Waals surface area contributed by atoms with Crippen LogP contribution in [0.15, 0.2) is 4.99 Å². The molecule has 0 saturated carbocycles. The first-order valence-electron chi connectivity index (χ1n) is 6.90. The van der Waals surface area contributed by atoms with Gasteiger partial charge in [-0.05, 0) is 19.3 Å². The van der Waals surface area contributed by atoms with Crippen LogP contribution in [0.3, 0.4) is 0 Å². The highest BCUT2D eigenvalue weighted by molar-refractivity contribution is 5.81. The first-order valence-corrected chi connectivity index (χ1v) is 6.90. The number of rotatable bonds is 5. The van der Waals surface area contributed by atoms with E-state index in [0.717, 1.165) is 45.4 Å². The average molecular weight is 255 g/mol. The van der Waals surface area contributed by atoms with E-state index in [1.165, 1.54) is 0 Å². The lowest BCUT2D eigenvalue weighted by Gasteiger charge is -2.44. The number of guanidine groups is 1. The van der Waals surface area contributed by atoms with Gasteiger partial charge in [0.25, 0.3) is 0 Å². The molecule has 2 heterocycles. The van der Waals surface area contributed by atoms with E-state index in [1.807, 2.05) is 0 Å². The lowest BCUT2D eigenvalue weighted by atomic mass is 9.84. The summed E-state index contributed by atoms with van der Waals surface area (Å²) in [6.45, 7) is 5.35. The van der Waals surface area contributed by atoms with Crippen LogP contribution in [0.5, 0.6) is 0 Å². The van der Waals surface area contributed by atoms with E-state index >= 15 is 0 Å². The number of nitrogens with two attached hydrogens (primary N) is 1. The van der Waals surface area contributed by atoms with Crippen LogP contribution in [0.2, 0.25) is 0 Å². The van der Waals surface area contributed by atoms with Crippen molar-refractivity contribution in [3.8, 4) is 0 Å². The summed E-state index contributed by atoms with van der Waals surface area (Å²) < 4.78 is 11.0. The Balaban J connectivity index is 2.04. The molecule has 0 bridgehead atoms. The van der Waals surface area contributed by atoms with E-state index in [1.54, 1.807) is 7.11 Å². The van der Waals surface area contributed by atoms with Crippen LogP contribution < -0.4 is 5.73 Å². The minimum absolute atomic E-state index is 0.0840. The Hall–Kier alpha value is -0.810. The molecule has 18 heavy (non-hydrogen) atoms. The standard InChI is InChI=1S/C13H25N3O2/c1-3-4-11-9-13(5-7-18-11)10-15-12(14)16(13)6-8-17-2/h11H,3-10H2,1-2H3,(H2,14,15). The molecule has 1 fully saturated rings. The van der Waals surface area contributed by atoms with Crippen molar-refractivity contribution in [2.24, 2.45) is 10.7 Å². The monoisotopic (exact) mass is 255 g/mol. The second-order valence-corrected chi connectivity index (χ2v) is 5.28. The molecule has 104 valence electrons. The average Bonchev–Trinajstić information content (AvgIpc) is 2.65. The molecule has 1 spiro atoms. The Morgan fingerprint density at radius 3 is 3.17 bits per heavy atom. The summed E-state index contributed by atoms with van der Waals surface area (Å²) in [5.41, 5.74) is 6.11. The zero-order valence-electron chi connectivity index (χ0n) is 11.5. The zero-order chi connectivity index (χ0) is 13.0. The van der Waals surface area contributed by atoms with Gasteiger partial charge in [-0.25, -0.2) is 0 Å². The highest BCUT2D eigenvalue weighted by Crippen LogP contribution is 2.35. The molecule has 1 saturated heterocycles. The molecule has 0 aromatic heterocycles. The highest BCUT2D eigenvalue weighted by Gasteiger charge is 2.45. The van der Waals surface area contributed by atoms with Crippen molar-refractivity contribution in [1.29, 1.82) is 0 Å². The van der Waals surface area contributed by atoms with Gasteiger partial charge in [-0.1, -0.05) is 13.3 Å². The van der Waals surface area contributed by atoms with Crippen LogP contribution in [0.1, 0.15) is 32.6 Å². The van der Waals surface area contributed by atoms with E-state index in [-0.39, 0.29) is 5.54 Å². The highest BCUT2D eigenvalue weighted by atomic mass is 16.5. The molecule has 2 aliphatic heterocycles. The van der Waals surface area contributed by atoms with Crippen LogP contribution in [-0.4, -0.2) is 55.9 Å². The molecule has 0 aromatic carbocycles. The molecule has 2 rings (SSSR count). The van der Waals surface area contributed by atoms with Crippen molar-refractivity contribution < 1.29 is 9.47 Å². The van der Waals surface area contributed by atoms with Gasteiger partial charge in [0.2, 0.25) is 0 Å². The van der Waals surface area contributed by atoms with Crippen LogP contribution in [0.4, 0.5) is 0 Å². The molecule has 0 aromatic rings. The predicted octanol–water partition coefficient (Wildman–Crippen LogP) is 0.981. The molecule has 2 N–H and O–H groups in total. The summed E-state index contributed by atoms with van der Waals surface area (Å²) in [4.78, 5) is 6.69. The number of hydrogen-bond donors (Lipinski definition) is 1. The van der Waals surface area contributed by atoms with Crippen molar-refractivity contribution >= 4 is 5.96 Å². The van der Waals surface area contributed by atoms with Gasteiger partial charge in [-0.3, -0.25) is 4.99 Å². The van der Waals surface area contributed by atoms with Crippen molar-refractivity contribution in [2.75, 3.05) is 33.4 Å². The van der Waals surface area contributed by atoms with Gasteiger partial charge < -0.3 is 20.1 Å². The third kappa shape index (κ3) is 2.62.